The van der Waals surface area contributed by atoms with Gasteiger partial charge in [0.05, 0.1) is 0 Å². The van der Waals surface area contributed by atoms with Gasteiger partial charge in [-0.25, -0.2) is 0 Å². The molecule has 3 N–H and O–H groups in total. The minimum atomic E-state index is -0.335. The topological polar surface area (TPSA) is 65.5 Å². The number of thioether (sulfide) groups is 1. The summed E-state index contributed by atoms with van der Waals surface area (Å²) in [4.78, 5) is 15.7. The first-order valence-electron chi connectivity index (χ1n) is 6.13. The highest BCUT2D eigenvalue weighted by Crippen LogP contribution is 2.11. The Morgan fingerprint density at radius 1 is 1.11 bits per heavy atom. The lowest BCUT2D eigenvalue weighted by molar-refractivity contribution is -0.128. The van der Waals surface area contributed by atoms with Crippen molar-refractivity contribution in [3.8, 4) is 0 Å². The molecule has 0 aromatic rings. The highest BCUT2D eigenvalue weighted by molar-refractivity contribution is 14.0. The lowest BCUT2D eigenvalue weighted by Crippen LogP contribution is -2.43. The van der Waals surface area contributed by atoms with Crippen LogP contribution in [0.4, 0.5) is 0 Å². The number of carbonyl (C=O) groups is 1. The molecule has 0 aliphatic carbocycles. The molecule has 0 bridgehead atoms. The second-order valence-electron chi connectivity index (χ2n) is 4.92. The van der Waals surface area contributed by atoms with E-state index >= 15 is 0 Å². The van der Waals surface area contributed by atoms with Crippen LogP contribution < -0.4 is 16.0 Å². The molecule has 0 radical (unpaired) electrons. The van der Waals surface area contributed by atoms with Crippen LogP contribution in [-0.4, -0.2) is 50.6 Å². The summed E-state index contributed by atoms with van der Waals surface area (Å²) in [6, 6.07) is 0. The summed E-state index contributed by atoms with van der Waals surface area (Å²) in [5.74, 6) is 1.88. The van der Waals surface area contributed by atoms with Crippen molar-refractivity contribution in [1.82, 2.24) is 16.0 Å². The van der Waals surface area contributed by atoms with E-state index in [0.29, 0.717) is 13.1 Å². The van der Waals surface area contributed by atoms with Crippen LogP contribution in [0.1, 0.15) is 20.8 Å². The van der Waals surface area contributed by atoms with Crippen LogP contribution in [0.25, 0.3) is 0 Å². The summed E-state index contributed by atoms with van der Waals surface area (Å²) in [5, 5.41) is 9.23. The number of rotatable bonds is 6. The Bertz CT molecular complexity index is 279. The molecule has 0 aliphatic heterocycles. The van der Waals surface area contributed by atoms with Crippen LogP contribution in [0.15, 0.2) is 4.99 Å². The van der Waals surface area contributed by atoms with Gasteiger partial charge in [0.25, 0.3) is 0 Å². The molecule has 0 aromatic carbocycles. The minimum absolute atomic E-state index is 0. The summed E-state index contributed by atoms with van der Waals surface area (Å²) in [6.07, 6.45) is 2.07. The number of carbonyl (C=O) groups excluding carboxylic acids is 1. The van der Waals surface area contributed by atoms with Crippen molar-refractivity contribution in [3.63, 3.8) is 0 Å². The van der Waals surface area contributed by atoms with Gasteiger partial charge >= 0.3 is 0 Å². The third-order valence-electron chi connectivity index (χ3n) is 2.21. The molecule has 0 unspecified atom stereocenters. The lowest BCUT2D eigenvalue weighted by atomic mass is 9.96. The summed E-state index contributed by atoms with van der Waals surface area (Å²) in [7, 11) is 1.74. The molecule has 0 fully saturated rings. The molecule has 114 valence electrons. The summed E-state index contributed by atoms with van der Waals surface area (Å²) < 4.78 is 0. The monoisotopic (exact) mass is 402 g/mol. The normalized spacial score (nSPS) is 11.5. The average Bonchev–Trinajstić information content (AvgIpc) is 2.30. The van der Waals surface area contributed by atoms with E-state index in [-0.39, 0.29) is 35.3 Å². The highest BCUT2D eigenvalue weighted by Gasteiger charge is 2.20. The molecule has 0 heterocycles. The van der Waals surface area contributed by atoms with Gasteiger partial charge in [0.1, 0.15) is 0 Å². The Kier molecular flexibility index (Phi) is 12.9. The number of halogens is 1. The Morgan fingerprint density at radius 3 is 2.11 bits per heavy atom. The van der Waals surface area contributed by atoms with E-state index < -0.39 is 0 Å². The highest BCUT2D eigenvalue weighted by atomic mass is 127. The Hall–Kier alpha value is -0.180. The van der Waals surface area contributed by atoms with Crippen molar-refractivity contribution in [2.75, 3.05) is 38.7 Å². The van der Waals surface area contributed by atoms with Gasteiger partial charge in [-0.05, 0) is 6.26 Å². The van der Waals surface area contributed by atoms with Crippen molar-refractivity contribution in [2.24, 2.45) is 10.4 Å². The first-order valence-corrected chi connectivity index (χ1v) is 7.53. The summed E-state index contributed by atoms with van der Waals surface area (Å²) >= 11 is 1.79. The molecular formula is C12H27IN4OS. The molecule has 0 aliphatic rings. The molecule has 19 heavy (non-hydrogen) atoms. The lowest BCUT2D eigenvalue weighted by Gasteiger charge is -2.18. The zero-order chi connectivity index (χ0) is 14.0. The second kappa shape index (κ2) is 11.6. The standard InChI is InChI=1S/C12H26N4OS.HI/c1-12(2,3)10(17)14-6-7-15-11(13-4)16-8-9-18-5;/h6-9H2,1-5H3,(H,14,17)(H2,13,15,16);1H. The van der Waals surface area contributed by atoms with Crippen LogP contribution >= 0.6 is 35.7 Å². The van der Waals surface area contributed by atoms with Gasteiger partial charge in [-0.1, -0.05) is 20.8 Å². The van der Waals surface area contributed by atoms with Crippen molar-refractivity contribution in [2.45, 2.75) is 20.8 Å². The molecular weight excluding hydrogens is 375 g/mol. The van der Waals surface area contributed by atoms with Crippen molar-refractivity contribution >= 4 is 47.6 Å². The zero-order valence-corrected chi connectivity index (χ0v) is 15.6. The van der Waals surface area contributed by atoms with Gasteiger partial charge in [0.2, 0.25) is 5.91 Å². The Morgan fingerprint density at radius 2 is 1.63 bits per heavy atom. The van der Waals surface area contributed by atoms with Gasteiger partial charge in [-0.15, -0.1) is 24.0 Å². The van der Waals surface area contributed by atoms with E-state index in [1.807, 2.05) is 20.8 Å². The van der Waals surface area contributed by atoms with Crippen LogP contribution in [0, 0.1) is 5.41 Å². The maximum atomic E-state index is 11.6. The first-order chi connectivity index (χ1) is 8.41. The third-order valence-corrected chi connectivity index (χ3v) is 2.82. The van der Waals surface area contributed by atoms with E-state index in [1.54, 1.807) is 18.8 Å². The first kappa shape index (κ1) is 21.1. The molecule has 0 rings (SSSR count). The molecule has 0 atom stereocenters. The van der Waals surface area contributed by atoms with Crippen molar-refractivity contribution in [1.29, 1.82) is 0 Å². The minimum Gasteiger partial charge on any atom is -0.356 e. The van der Waals surface area contributed by atoms with E-state index in [9.17, 15) is 4.79 Å². The SMILES string of the molecule is CN=C(NCCNC(=O)C(C)(C)C)NCCSC.I. The summed E-state index contributed by atoms with van der Waals surface area (Å²) in [5.41, 5.74) is -0.335. The molecule has 5 nitrogen and oxygen atoms in total. The quantitative estimate of drug-likeness (QED) is 0.271. The average molecular weight is 402 g/mol. The number of nitrogens with one attached hydrogen (secondary N) is 3. The number of amides is 1. The van der Waals surface area contributed by atoms with Crippen molar-refractivity contribution < 1.29 is 4.79 Å². The van der Waals surface area contributed by atoms with Crippen LogP contribution in [0.3, 0.4) is 0 Å². The predicted molar refractivity (Wildman–Crippen MR) is 95.6 cm³/mol. The van der Waals surface area contributed by atoms with Gasteiger partial charge in [-0.2, -0.15) is 11.8 Å². The van der Waals surface area contributed by atoms with Gasteiger partial charge in [0.15, 0.2) is 5.96 Å². The van der Waals surface area contributed by atoms with Crippen LogP contribution in [0.5, 0.6) is 0 Å². The van der Waals surface area contributed by atoms with Gasteiger partial charge in [0, 0.05) is 37.8 Å². The molecule has 0 saturated carbocycles. The van der Waals surface area contributed by atoms with E-state index in [1.165, 1.54) is 0 Å². The van der Waals surface area contributed by atoms with Gasteiger partial charge < -0.3 is 16.0 Å². The predicted octanol–water partition coefficient (Wildman–Crippen LogP) is 1.29. The van der Waals surface area contributed by atoms with E-state index in [0.717, 1.165) is 18.3 Å². The smallest absolute Gasteiger partial charge is 0.225 e. The zero-order valence-electron chi connectivity index (χ0n) is 12.5. The fourth-order valence-corrected chi connectivity index (χ4v) is 1.42. The fourth-order valence-electron chi connectivity index (χ4n) is 1.11. The van der Waals surface area contributed by atoms with Crippen LogP contribution in [-0.2, 0) is 4.79 Å². The van der Waals surface area contributed by atoms with Gasteiger partial charge in [-0.3, -0.25) is 9.79 Å². The number of nitrogens with zero attached hydrogens (tertiary/aromatic N) is 1. The molecule has 7 heteroatoms. The second-order valence-corrected chi connectivity index (χ2v) is 5.91. The van der Waals surface area contributed by atoms with E-state index in [4.69, 9.17) is 0 Å². The molecule has 0 aromatic heterocycles. The molecule has 1 amide bonds. The Labute approximate surface area is 138 Å². The van der Waals surface area contributed by atoms with Crippen LogP contribution in [0.2, 0.25) is 0 Å². The maximum Gasteiger partial charge on any atom is 0.225 e. The third kappa shape index (κ3) is 11.4. The Balaban J connectivity index is 0. The number of guanidine groups is 1. The number of hydrogen-bond donors (Lipinski definition) is 3. The summed E-state index contributed by atoms with van der Waals surface area (Å²) in [6.45, 7) is 7.85. The van der Waals surface area contributed by atoms with Crippen molar-refractivity contribution in [3.05, 3.63) is 0 Å². The largest absolute Gasteiger partial charge is 0.356 e. The number of hydrogen-bond acceptors (Lipinski definition) is 3. The number of aliphatic imine (C=N–C) groups is 1. The molecule has 0 saturated heterocycles. The van der Waals surface area contributed by atoms with E-state index in [2.05, 4.69) is 27.2 Å². The molecule has 0 spiro atoms. The maximum absolute atomic E-state index is 11.6. The fraction of sp³-hybridized carbons (Fsp3) is 0.833.